The van der Waals surface area contributed by atoms with Gasteiger partial charge >= 0.3 is 0 Å². The molecule has 0 aliphatic carbocycles. The molecule has 1 aromatic carbocycles. The Labute approximate surface area is 148 Å². The summed E-state index contributed by atoms with van der Waals surface area (Å²) >= 11 is 0. The molecule has 0 bridgehead atoms. The lowest BCUT2D eigenvalue weighted by Gasteiger charge is -2.40. The third kappa shape index (κ3) is 2.72. The van der Waals surface area contributed by atoms with Gasteiger partial charge in [-0.25, -0.2) is 13.4 Å². The number of piperidine rings is 1. The average molecular weight is 358 g/mol. The molecule has 2 aliphatic rings. The van der Waals surface area contributed by atoms with Crippen LogP contribution in [0.4, 0.5) is 17.2 Å². The first-order valence-electron chi connectivity index (χ1n) is 8.43. The number of nitrogen functional groups attached to an aromatic ring is 1. The first-order chi connectivity index (χ1) is 11.9. The summed E-state index contributed by atoms with van der Waals surface area (Å²) in [6.45, 7) is 2.20. The molecule has 4 rings (SSSR count). The number of aromatic nitrogens is 1. The molecule has 3 heterocycles. The molecule has 0 amide bonds. The van der Waals surface area contributed by atoms with E-state index in [1.165, 1.54) is 6.26 Å². The summed E-state index contributed by atoms with van der Waals surface area (Å²) in [5.74, 6) is 0.890. The van der Waals surface area contributed by atoms with Crippen LogP contribution >= 0.6 is 0 Å². The van der Waals surface area contributed by atoms with Gasteiger partial charge in [0.1, 0.15) is 5.82 Å². The van der Waals surface area contributed by atoms with Gasteiger partial charge in [0, 0.05) is 43.0 Å². The van der Waals surface area contributed by atoms with Crippen molar-refractivity contribution in [3.05, 3.63) is 48.2 Å². The SMILES string of the molecule is CS(=O)(=O)N1CC2(CCN(c3cc(N)ccn3)CC2)c2ccccc21. The number of sulfonamides is 1. The van der Waals surface area contributed by atoms with Crippen LogP contribution in [0.25, 0.3) is 0 Å². The summed E-state index contributed by atoms with van der Waals surface area (Å²) in [4.78, 5) is 6.65. The molecule has 2 N–H and O–H groups in total. The van der Waals surface area contributed by atoms with Crippen molar-refractivity contribution in [2.24, 2.45) is 0 Å². The van der Waals surface area contributed by atoms with Crippen molar-refractivity contribution in [3.63, 3.8) is 0 Å². The molecule has 25 heavy (non-hydrogen) atoms. The molecular formula is C18H22N4O2S. The van der Waals surface area contributed by atoms with Gasteiger partial charge in [-0.05, 0) is 30.5 Å². The topological polar surface area (TPSA) is 79.5 Å². The highest BCUT2D eigenvalue weighted by atomic mass is 32.2. The molecule has 2 aromatic rings. The normalized spacial score (nSPS) is 19.2. The largest absolute Gasteiger partial charge is 0.399 e. The van der Waals surface area contributed by atoms with Crippen LogP contribution in [0.5, 0.6) is 0 Å². The van der Waals surface area contributed by atoms with E-state index in [1.807, 2.05) is 24.3 Å². The second kappa shape index (κ2) is 5.62. The third-order valence-corrected chi connectivity index (χ3v) is 6.53. The van der Waals surface area contributed by atoms with Crippen LogP contribution in [-0.4, -0.2) is 39.3 Å². The molecular weight excluding hydrogens is 336 g/mol. The summed E-state index contributed by atoms with van der Waals surface area (Å²) in [6, 6.07) is 11.6. The maximum atomic E-state index is 12.2. The number of para-hydroxylation sites is 1. The minimum absolute atomic E-state index is 0.115. The smallest absolute Gasteiger partial charge is 0.232 e. The molecule has 1 aromatic heterocycles. The van der Waals surface area contributed by atoms with Crippen LogP contribution in [-0.2, 0) is 15.4 Å². The van der Waals surface area contributed by atoms with Crippen molar-refractivity contribution < 1.29 is 8.42 Å². The highest BCUT2D eigenvalue weighted by Crippen LogP contribution is 2.48. The number of hydrogen-bond donors (Lipinski definition) is 1. The lowest BCUT2D eigenvalue weighted by atomic mass is 9.74. The summed E-state index contributed by atoms with van der Waals surface area (Å²) in [5, 5.41) is 0. The molecule has 0 saturated carbocycles. The van der Waals surface area contributed by atoms with Gasteiger partial charge in [-0.2, -0.15) is 0 Å². The Morgan fingerprint density at radius 2 is 1.88 bits per heavy atom. The van der Waals surface area contributed by atoms with E-state index in [0.717, 1.165) is 43.0 Å². The quantitative estimate of drug-likeness (QED) is 0.888. The fraction of sp³-hybridized carbons (Fsp3) is 0.389. The van der Waals surface area contributed by atoms with Crippen molar-refractivity contribution in [1.82, 2.24) is 4.98 Å². The number of anilines is 3. The fourth-order valence-electron chi connectivity index (χ4n) is 4.08. The Kier molecular flexibility index (Phi) is 3.64. The molecule has 1 fully saturated rings. The monoisotopic (exact) mass is 358 g/mol. The van der Waals surface area contributed by atoms with E-state index >= 15 is 0 Å². The Hall–Kier alpha value is -2.28. The zero-order chi connectivity index (χ0) is 17.7. The Morgan fingerprint density at radius 3 is 2.56 bits per heavy atom. The zero-order valence-electron chi connectivity index (χ0n) is 14.2. The van der Waals surface area contributed by atoms with Crippen molar-refractivity contribution in [1.29, 1.82) is 0 Å². The van der Waals surface area contributed by atoms with E-state index in [4.69, 9.17) is 5.73 Å². The number of nitrogens with zero attached hydrogens (tertiary/aromatic N) is 3. The van der Waals surface area contributed by atoms with Gasteiger partial charge in [0.2, 0.25) is 10.0 Å². The minimum atomic E-state index is -3.27. The van der Waals surface area contributed by atoms with Gasteiger partial charge in [0.25, 0.3) is 0 Å². The molecule has 2 aliphatic heterocycles. The molecule has 1 spiro atoms. The second-order valence-electron chi connectivity index (χ2n) is 7.00. The van der Waals surface area contributed by atoms with Crippen LogP contribution in [0, 0.1) is 0 Å². The van der Waals surface area contributed by atoms with E-state index in [-0.39, 0.29) is 5.41 Å². The zero-order valence-corrected chi connectivity index (χ0v) is 15.0. The molecule has 0 unspecified atom stereocenters. The Morgan fingerprint density at radius 1 is 1.16 bits per heavy atom. The van der Waals surface area contributed by atoms with E-state index < -0.39 is 10.0 Å². The summed E-state index contributed by atoms with van der Waals surface area (Å²) in [5.41, 5.74) is 8.45. The van der Waals surface area contributed by atoms with Crippen molar-refractivity contribution in [2.45, 2.75) is 18.3 Å². The standard InChI is InChI=1S/C18H22N4O2S/c1-25(23,24)22-13-18(15-4-2-3-5-16(15)22)7-10-21(11-8-18)17-12-14(19)6-9-20-17/h2-6,9,12H,7-8,10-11,13H2,1H3,(H2,19,20). The minimum Gasteiger partial charge on any atom is -0.399 e. The summed E-state index contributed by atoms with van der Waals surface area (Å²) in [7, 11) is -3.27. The van der Waals surface area contributed by atoms with Crippen LogP contribution in [0.15, 0.2) is 42.6 Å². The maximum absolute atomic E-state index is 12.2. The fourth-order valence-corrected chi connectivity index (χ4v) is 5.08. The molecule has 6 nitrogen and oxygen atoms in total. The molecule has 0 atom stereocenters. The van der Waals surface area contributed by atoms with Gasteiger partial charge in [-0.3, -0.25) is 4.31 Å². The van der Waals surface area contributed by atoms with Crippen molar-refractivity contribution in [3.8, 4) is 0 Å². The summed E-state index contributed by atoms with van der Waals surface area (Å²) in [6.07, 6.45) is 4.80. The molecule has 7 heteroatoms. The predicted molar refractivity (Wildman–Crippen MR) is 100 cm³/mol. The van der Waals surface area contributed by atoms with E-state index in [0.29, 0.717) is 12.2 Å². The number of nitrogens with two attached hydrogens (primary N) is 1. The molecule has 0 radical (unpaired) electrons. The van der Waals surface area contributed by atoms with Gasteiger partial charge in [-0.15, -0.1) is 0 Å². The number of fused-ring (bicyclic) bond motifs is 2. The number of pyridine rings is 1. The lowest BCUT2D eigenvalue weighted by molar-refractivity contribution is 0.355. The highest BCUT2D eigenvalue weighted by molar-refractivity contribution is 7.92. The van der Waals surface area contributed by atoms with Crippen LogP contribution in [0.3, 0.4) is 0 Å². The average Bonchev–Trinajstić information content (AvgIpc) is 2.91. The van der Waals surface area contributed by atoms with Crippen LogP contribution < -0.4 is 14.9 Å². The third-order valence-electron chi connectivity index (χ3n) is 5.40. The number of benzene rings is 1. The summed E-state index contributed by atoms with van der Waals surface area (Å²) < 4.78 is 26.0. The predicted octanol–water partition coefficient (Wildman–Crippen LogP) is 1.98. The van der Waals surface area contributed by atoms with Gasteiger partial charge in [-0.1, -0.05) is 18.2 Å². The van der Waals surface area contributed by atoms with Gasteiger partial charge in [0.15, 0.2) is 0 Å². The van der Waals surface area contributed by atoms with Gasteiger partial charge < -0.3 is 10.6 Å². The number of hydrogen-bond acceptors (Lipinski definition) is 5. The molecule has 132 valence electrons. The van der Waals surface area contributed by atoms with Crippen LogP contribution in [0.2, 0.25) is 0 Å². The lowest BCUT2D eigenvalue weighted by Crippen LogP contribution is -2.46. The van der Waals surface area contributed by atoms with Gasteiger partial charge in [0.05, 0.1) is 11.9 Å². The first-order valence-corrected chi connectivity index (χ1v) is 10.3. The highest BCUT2D eigenvalue weighted by Gasteiger charge is 2.46. The molecule has 1 saturated heterocycles. The number of rotatable bonds is 2. The van der Waals surface area contributed by atoms with E-state index in [2.05, 4.69) is 16.0 Å². The van der Waals surface area contributed by atoms with Crippen LogP contribution in [0.1, 0.15) is 18.4 Å². The van der Waals surface area contributed by atoms with E-state index in [9.17, 15) is 8.42 Å². The van der Waals surface area contributed by atoms with E-state index in [1.54, 1.807) is 16.6 Å². The Bertz CT molecular complexity index is 905. The second-order valence-corrected chi connectivity index (χ2v) is 8.91. The Balaban J connectivity index is 1.63. The first kappa shape index (κ1) is 16.2. The maximum Gasteiger partial charge on any atom is 0.232 e. The van der Waals surface area contributed by atoms with Crippen molar-refractivity contribution in [2.75, 3.05) is 40.8 Å². The van der Waals surface area contributed by atoms with Crippen molar-refractivity contribution >= 4 is 27.2 Å².